The Bertz CT molecular complexity index is 245. The van der Waals surface area contributed by atoms with Gasteiger partial charge in [-0.05, 0) is 25.7 Å². The van der Waals surface area contributed by atoms with Gasteiger partial charge in [0.25, 0.3) is 0 Å². The van der Waals surface area contributed by atoms with Crippen molar-refractivity contribution in [3.05, 3.63) is 0 Å². The zero-order chi connectivity index (χ0) is 14.3. The Morgan fingerprint density at radius 3 is 2.00 bits per heavy atom. The van der Waals surface area contributed by atoms with E-state index in [9.17, 15) is 9.59 Å². The van der Waals surface area contributed by atoms with Crippen LogP contribution in [0, 0.1) is 0 Å². The molecule has 0 aromatic rings. The van der Waals surface area contributed by atoms with Crippen LogP contribution in [-0.4, -0.2) is 36.6 Å². The lowest BCUT2D eigenvalue weighted by Gasteiger charge is -2.05. The summed E-state index contributed by atoms with van der Waals surface area (Å²) in [7, 11) is 0. The van der Waals surface area contributed by atoms with Crippen LogP contribution in [0.3, 0.4) is 0 Å². The van der Waals surface area contributed by atoms with Gasteiger partial charge in [0, 0.05) is 32.5 Å². The van der Waals surface area contributed by atoms with Gasteiger partial charge in [-0.2, -0.15) is 0 Å². The minimum atomic E-state index is 0.0421. The summed E-state index contributed by atoms with van der Waals surface area (Å²) in [4.78, 5) is 22.6. The van der Waals surface area contributed by atoms with Crippen molar-refractivity contribution >= 4 is 11.8 Å². The number of hydrogen-bond acceptors (Lipinski definition) is 3. The number of aliphatic hydroxyl groups is 1. The standard InChI is InChI=1S/C14H28N2O3/c1-2-3-8-13(18)15-10-6-4-5-9-14(19)16-11-7-12-17/h17H,2-12H2,1H3,(H,15,18)(H,16,19). The normalized spacial score (nSPS) is 10.2. The number of amides is 2. The summed E-state index contributed by atoms with van der Waals surface area (Å²) < 4.78 is 0. The second kappa shape index (κ2) is 13.3. The van der Waals surface area contributed by atoms with Gasteiger partial charge in [-0.3, -0.25) is 9.59 Å². The van der Waals surface area contributed by atoms with Crippen molar-refractivity contribution in [2.24, 2.45) is 0 Å². The average Bonchev–Trinajstić information content (AvgIpc) is 2.40. The smallest absolute Gasteiger partial charge is 0.219 e. The molecule has 0 unspecified atom stereocenters. The van der Waals surface area contributed by atoms with Crippen LogP contribution in [0.2, 0.25) is 0 Å². The number of carbonyl (C=O) groups excluding carboxylic acids is 2. The third kappa shape index (κ3) is 13.1. The topological polar surface area (TPSA) is 78.4 Å². The fraction of sp³-hybridized carbons (Fsp3) is 0.857. The molecule has 0 fully saturated rings. The van der Waals surface area contributed by atoms with E-state index in [1.165, 1.54) is 0 Å². The third-order valence-corrected chi connectivity index (χ3v) is 2.82. The molecule has 5 nitrogen and oxygen atoms in total. The summed E-state index contributed by atoms with van der Waals surface area (Å²) in [5, 5.41) is 14.2. The molecule has 0 aromatic carbocycles. The summed E-state index contributed by atoms with van der Waals surface area (Å²) >= 11 is 0. The van der Waals surface area contributed by atoms with Gasteiger partial charge in [0.2, 0.25) is 11.8 Å². The molecule has 0 atom stereocenters. The average molecular weight is 272 g/mol. The van der Waals surface area contributed by atoms with E-state index in [1.807, 2.05) is 0 Å². The van der Waals surface area contributed by atoms with Crippen molar-refractivity contribution < 1.29 is 14.7 Å². The summed E-state index contributed by atoms with van der Waals surface area (Å²) in [6, 6.07) is 0. The molecule has 112 valence electrons. The molecular formula is C14H28N2O3. The Kier molecular flexibility index (Phi) is 12.6. The molecule has 2 amide bonds. The predicted molar refractivity (Wildman–Crippen MR) is 75.7 cm³/mol. The molecule has 0 radical (unpaired) electrons. The molecule has 0 heterocycles. The molecule has 0 rings (SSSR count). The number of nitrogens with one attached hydrogen (secondary N) is 2. The molecule has 0 saturated carbocycles. The van der Waals surface area contributed by atoms with Crippen LogP contribution in [0.5, 0.6) is 0 Å². The predicted octanol–water partition coefficient (Wildman–Crippen LogP) is 1.35. The van der Waals surface area contributed by atoms with Crippen molar-refractivity contribution in [2.75, 3.05) is 19.7 Å². The van der Waals surface area contributed by atoms with Crippen LogP contribution >= 0.6 is 0 Å². The first kappa shape index (κ1) is 17.9. The Hall–Kier alpha value is -1.10. The monoisotopic (exact) mass is 272 g/mol. The van der Waals surface area contributed by atoms with Crippen molar-refractivity contribution in [1.29, 1.82) is 0 Å². The fourth-order valence-corrected chi connectivity index (χ4v) is 1.64. The summed E-state index contributed by atoms with van der Waals surface area (Å²) in [6.45, 7) is 3.42. The lowest BCUT2D eigenvalue weighted by atomic mass is 10.2. The van der Waals surface area contributed by atoms with Crippen LogP contribution in [0.1, 0.15) is 58.3 Å². The molecule has 0 saturated heterocycles. The Morgan fingerprint density at radius 1 is 0.842 bits per heavy atom. The second-order valence-corrected chi connectivity index (χ2v) is 4.69. The van der Waals surface area contributed by atoms with Crippen molar-refractivity contribution in [3.63, 3.8) is 0 Å². The van der Waals surface area contributed by atoms with Crippen molar-refractivity contribution in [3.8, 4) is 0 Å². The number of carbonyl (C=O) groups is 2. The van der Waals surface area contributed by atoms with Crippen LogP contribution in [0.4, 0.5) is 0 Å². The Balaban J connectivity index is 3.26. The Labute approximate surface area is 116 Å². The molecule has 0 aliphatic heterocycles. The summed E-state index contributed by atoms with van der Waals surface area (Å²) in [5.74, 6) is 0.170. The molecule has 3 N–H and O–H groups in total. The minimum Gasteiger partial charge on any atom is -0.396 e. The zero-order valence-corrected chi connectivity index (χ0v) is 12.0. The molecule has 19 heavy (non-hydrogen) atoms. The first-order chi connectivity index (χ1) is 9.20. The maximum absolute atomic E-state index is 11.3. The molecule has 0 aliphatic carbocycles. The molecule has 0 aromatic heterocycles. The van der Waals surface area contributed by atoms with Gasteiger partial charge in [0.1, 0.15) is 0 Å². The van der Waals surface area contributed by atoms with Gasteiger partial charge >= 0.3 is 0 Å². The summed E-state index contributed by atoms with van der Waals surface area (Å²) in [5.41, 5.74) is 0. The molecule has 0 bridgehead atoms. The van der Waals surface area contributed by atoms with E-state index in [1.54, 1.807) is 0 Å². The second-order valence-electron chi connectivity index (χ2n) is 4.69. The maximum atomic E-state index is 11.3. The van der Waals surface area contributed by atoms with Gasteiger partial charge in [0.05, 0.1) is 0 Å². The Morgan fingerprint density at radius 2 is 1.42 bits per heavy atom. The quantitative estimate of drug-likeness (QED) is 0.469. The molecular weight excluding hydrogens is 244 g/mol. The van der Waals surface area contributed by atoms with Crippen LogP contribution in [-0.2, 0) is 9.59 Å². The third-order valence-electron chi connectivity index (χ3n) is 2.82. The van der Waals surface area contributed by atoms with Crippen LogP contribution in [0.15, 0.2) is 0 Å². The van der Waals surface area contributed by atoms with E-state index in [-0.39, 0.29) is 18.4 Å². The van der Waals surface area contributed by atoms with Gasteiger partial charge in [-0.25, -0.2) is 0 Å². The van der Waals surface area contributed by atoms with Crippen molar-refractivity contribution in [1.82, 2.24) is 10.6 Å². The lowest BCUT2D eigenvalue weighted by Crippen LogP contribution is -2.25. The lowest BCUT2D eigenvalue weighted by molar-refractivity contribution is -0.122. The molecule has 0 spiro atoms. The molecule has 5 heteroatoms. The van der Waals surface area contributed by atoms with E-state index >= 15 is 0 Å². The highest BCUT2D eigenvalue weighted by Crippen LogP contribution is 1.99. The molecule has 0 aliphatic rings. The highest BCUT2D eigenvalue weighted by molar-refractivity contribution is 5.76. The largest absolute Gasteiger partial charge is 0.396 e. The number of hydrogen-bond donors (Lipinski definition) is 3. The van der Waals surface area contributed by atoms with E-state index < -0.39 is 0 Å². The SMILES string of the molecule is CCCCC(=O)NCCCCCC(=O)NCCCO. The highest BCUT2D eigenvalue weighted by Gasteiger charge is 2.01. The number of aliphatic hydroxyl groups excluding tert-OH is 1. The van der Waals surface area contributed by atoms with E-state index in [2.05, 4.69) is 17.6 Å². The van der Waals surface area contributed by atoms with Crippen LogP contribution < -0.4 is 10.6 Å². The van der Waals surface area contributed by atoms with Crippen molar-refractivity contribution in [2.45, 2.75) is 58.3 Å². The zero-order valence-electron chi connectivity index (χ0n) is 12.0. The van der Waals surface area contributed by atoms with E-state index in [0.29, 0.717) is 32.4 Å². The van der Waals surface area contributed by atoms with Gasteiger partial charge in [-0.15, -0.1) is 0 Å². The number of rotatable bonds is 12. The fourth-order valence-electron chi connectivity index (χ4n) is 1.64. The highest BCUT2D eigenvalue weighted by atomic mass is 16.3. The van der Waals surface area contributed by atoms with Gasteiger partial charge in [-0.1, -0.05) is 19.8 Å². The van der Waals surface area contributed by atoms with E-state index in [0.717, 1.165) is 32.1 Å². The van der Waals surface area contributed by atoms with E-state index in [4.69, 9.17) is 5.11 Å². The maximum Gasteiger partial charge on any atom is 0.219 e. The van der Waals surface area contributed by atoms with Gasteiger partial charge in [0.15, 0.2) is 0 Å². The minimum absolute atomic E-state index is 0.0421. The van der Waals surface area contributed by atoms with Gasteiger partial charge < -0.3 is 15.7 Å². The number of unbranched alkanes of at least 4 members (excludes halogenated alkanes) is 3. The first-order valence-electron chi connectivity index (χ1n) is 7.35. The first-order valence-corrected chi connectivity index (χ1v) is 7.35. The summed E-state index contributed by atoms with van der Waals surface area (Å²) in [6.07, 6.45) is 6.44. The van der Waals surface area contributed by atoms with Crippen LogP contribution in [0.25, 0.3) is 0 Å².